The van der Waals surface area contributed by atoms with Gasteiger partial charge in [0.25, 0.3) is 5.91 Å². The van der Waals surface area contributed by atoms with Crippen LogP contribution in [0.1, 0.15) is 32.4 Å². The van der Waals surface area contributed by atoms with Crippen molar-refractivity contribution in [3.8, 4) is 5.13 Å². The van der Waals surface area contributed by atoms with E-state index in [-0.39, 0.29) is 5.91 Å². The van der Waals surface area contributed by atoms with Gasteiger partial charge >= 0.3 is 0 Å². The Hall–Kier alpha value is -1.99. The topological polar surface area (TPSA) is 51.0 Å². The van der Waals surface area contributed by atoms with Crippen LogP contribution in [0.4, 0.5) is 0 Å². The zero-order valence-electron chi connectivity index (χ0n) is 13.5. The molecule has 0 spiro atoms. The lowest BCUT2D eigenvalue weighted by Gasteiger charge is -2.16. The van der Waals surface area contributed by atoms with Crippen molar-refractivity contribution in [2.75, 3.05) is 7.05 Å². The molecule has 0 atom stereocenters. The van der Waals surface area contributed by atoms with E-state index in [4.69, 9.17) is 0 Å². The molecule has 0 saturated heterocycles. The second kappa shape index (κ2) is 6.25. The second-order valence-electron chi connectivity index (χ2n) is 5.45. The summed E-state index contributed by atoms with van der Waals surface area (Å²) < 4.78 is 2.03. The van der Waals surface area contributed by atoms with E-state index in [2.05, 4.69) is 9.97 Å². The number of carbonyl (C=O) groups is 1. The summed E-state index contributed by atoms with van der Waals surface area (Å²) in [5.41, 5.74) is 3.58. The van der Waals surface area contributed by atoms with Crippen molar-refractivity contribution in [3.63, 3.8) is 0 Å². The summed E-state index contributed by atoms with van der Waals surface area (Å²) >= 11 is 3.16. The Morgan fingerprint density at radius 2 is 2.09 bits per heavy atom. The number of aromatic nitrogens is 3. The zero-order valence-corrected chi connectivity index (χ0v) is 15.2. The van der Waals surface area contributed by atoms with E-state index in [1.807, 2.05) is 49.2 Å². The van der Waals surface area contributed by atoms with Crippen LogP contribution < -0.4 is 0 Å². The van der Waals surface area contributed by atoms with E-state index < -0.39 is 0 Å². The Balaban J connectivity index is 1.86. The Morgan fingerprint density at radius 3 is 2.70 bits per heavy atom. The number of nitrogens with zero attached hydrogens (tertiary/aromatic N) is 4. The van der Waals surface area contributed by atoms with E-state index in [9.17, 15) is 4.79 Å². The first kappa shape index (κ1) is 15.9. The van der Waals surface area contributed by atoms with Gasteiger partial charge in [-0.05, 0) is 26.8 Å². The summed E-state index contributed by atoms with van der Waals surface area (Å²) in [6, 6.07) is 1.93. The average Bonchev–Trinajstić information content (AvgIpc) is 3.20. The molecule has 0 aromatic carbocycles. The van der Waals surface area contributed by atoms with Crippen LogP contribution in [0.2, 0.25) is 0 Å². The van der Waals surface area contributed by atoms with Gasteiger partial charge in [-0.15, -0.1) is 22.7 Å². The Morgan fingerprint density at radius 1 is 1.30 bits per heavy atom. The molecule has 0 N–H and O–H groups in total. The van der Waals surface area contributed by atoms with Gasteiger partial charge in [0.2, 0.25) is 0 Å². The van der Waals surface area contributed by atoms with Gasteiger partial charge in [0.1, 0.15) is 0 Å². The van der Waals surface area contributed by atoms with Crippen LogP contribution in [-0.4, -0.2) is 32.4 Å². The Bertz CT molecular complexity index is 833. The molecular weight excluding hydrogens is 328 g/mol. The van der Waals surface area contributed by atoms with Gasteiger partial charge in [-0.3, -0.25) is 9.36 Å². The molecule has 3 heterocycles. The number of amides is 1. The van der Waals surface area contributed by atoms with Gasteiger partial charge in [0.05, 0.1) is 22.8 Å². The summed E-state index contributed by atoms with van der Waals surface area (Å²) in [7, 11) is 1.81. The molecule has 3 aromatic heterocycles. The first-order valence-corrected chi connectivity index (χ1v) is 8.98. The lowest BCUT2D eigenvalue weighted by Crippen LogP contribution is -2.26. The summed E-state index contributed by atoms with van der Waals surface area (Å²) in [6.45, 7) is 6.44. The maximum Gasteiger partial charge on any atom is 0.255 e. The molecule has 0 saturated carbocycles. The summed E-state index contributed by atoms with van der Waals surface area (Å²) in [4.78, 5) is 23.3. The third kappa shape index (κ3) is 3.07. The third-order valence-electron chi connectivity index (χ3n) is 3.68. The summed E-state index contributed by atoms with van der Waals surface area (Å²) in [5, 5.41) is 5.84. The molecule has 0 fully saturated rings. The maximum absolute atomic E-state index is 12.8. The van der Waals surface area contributed by atoms with E-state index in [1.165, 1.54) is 0 Å². The highest BCUT2D eigenvalue weighted by atomic mass is 32.1. The van der Waals surface area contributed by atoms with Crippen molar-refractivity contribution in [2.24, 2.45) is 0 Å². The van der Waals surface area contributed by atoms with Crippen LogP contribution in [0.15, 0.2) is 23.0 Å². The fourth-order valence-electron chi connectivity index (χ4n) is 2.60. The second-order valence-corrected chi connectivity index (χ2v) is 7.39. The largest absolute Gasteiger partial charge is 0.336 e. The van der Waals surface area contributed by atoms with Gasteiger partial charge in [0, 0.05) is 35.4 Å². The normalized spacial score (nSPS) is 11.0. The molecule has 1 amide bonds. The predicted octanol–water partition coefficient (Wildman–Crippen LogP) is 3.59. The molecule has 0 unspecified atom stereocenters. The van der Waals surface area contributed by atoms with E-state index >= 15 is 0 Å². The van der Waals surface area contributed by atoms with Crippen molar-refractivity contribution in [3.05, 3.63) is 50.7 Å². The van der Waals surface area contributed by atoms with Gasteiger partial charge in [0.15, 0.2) is 5.13 Å². The molecule has 0 bridgehead atoms. The number of rotatable bonds is 4. The number of aryl methyl sites for hydroxylation is 2. The lowest BCUT2D eigenvalue weighted by molar-refractivity contribution is 0.0783. The van der Waals surface area contributed by atoms with E-state index in [1.54, 1.807) is 33.8 Å². The lowest BCUT2D eigenvalue weighted by atomic mass is 10.2. The quantitative estimate of drug-likeness (QED) is 0.725. The predicted molar refractivity (Wildman–Crippen MR) is 93.6 cm³/mol. The zero-order chi connectivity index (χ0) is 16.6. The average molecular weight is 346 g/mol. The highest BCUT2D eigenvalue weighted by molar-refractivity contribution is 7.12. The first-order chi connectivity index (χ1) is 11.0. The molecule has 0 aliphatic rings. The van der Waals surface area contributed by atoms with Gasteiger partial charge < -0.3 is 4.90 Å². The van der Waals surface area contributed by atoms with Crippen LogP contribution in [0.3, 0.4) is 0 Å². The van der Waals surface area contributed by atoms with Gasteiger partial charge in [-0.2, -0.15) is 0 Å². The van der Waals surface area contributed by atoms with Gasteiger partial charge in [-0.1, -0.05) is 0 Å². The van der Waals surface area contributed by atoms with Crippen molar-refractivity contribution in [2.45, 2.75) is 27.3 Å². The number of carbonyl (C=O) groups excluding carboxylic acids is 1. The molecule has 23 heavy (non-hydrogen) atoms. The smallest absolute Gasteiger partial charge is 0.255 e. The summed E-state index contributed by atoms with van der Waals surface area (Å²) in [6.07, 6.45) is 1.77. The molecule has 3 aromatic rings. The van der Waals surface area contributed by atoms with Crippen LogP contribution >= 0.6 is 22.7 Å². The standard InChI is InChI=1S/C16H18N4OS2/c1-10-7-14(11(2)20(10)16-17-5-6-22-16)15(21)19(4)8-13-9-23-12(3)18-13/h5-7,9H,8H2,1-4H3. The van der Waals surface area contributed by atoms with E-state index in [0.29, 0.717) is 12.1 Å². The molecule has 5 nitrogen and oxygen atoms in total. The molecule has 7 heteroatoms. The van der Waals surface area contributed by atoms with Crippen LogP contribution in [0.5, 0.6) is 0 Å². The fourth-order valence-corrected chi connectivity index (χ4v) is 3.96. The third-order valence-corrected chi connectivity index (χ3v) is 5.26. The molecule has 0 aliphatic heterocycles. The molecular formula is C16H18N4OS2. The summed E-state index contributed by atoms with van der Waals surface area (Å²) in [5.74, 6) is 0.00607. The molecule has 3 rings (SSSR count). The minimum absolute atomic E-state index is 0.00607. The number of hydrogen-bond acceptors (Lipinski definition) is 5. The van der Waals surface area contributed by atoms with Crippen molar-refractivity contribution < 1.29 is 4.79 Å². The Labute approximate surface area is 143 Å². The number of thiazole rings is 2. The minimum Gasteiger partial charge on any atom is -0.336 e. The van der Waals surface area contributed by atoms with Crippen LogP contribution in [-0.2, 0) is 6.54 Å². The highest BCUT2D eigenvalue weighted by Crippen LogP contribution is 2.23. The SMILES string of the molecule is Cc1nc(CN(C)C(=O)c2cc(C)n(-c3nccs3)c2C)cs1. The Kier molecular flexibility index (Phi) is 4.32. The molecule has 0 radical (unpaired) electrons. The highest BCUT2D eigenvalue weighted by Gasteiger charge is 2.21. The van der Waals surface area contributed by atoms with Crippen molar-refractivity contribution in [1.29, 1.82) is 0 Å². The van der Waals surface area contributed by atoms with Crippen LogP contribution in [0.25, 0.3) is 5.13 Å². The van der Waals surface area contributed by atoms with Crippen LogP contribution in [0, 0.1) is 20.8 Å². The van der Waals surface area contributed by atoms with E-state index in [0.717, 1.165) is 27.2 Å². The molecule has 120 valence electrons. The monoisotopic (exact) mass is 346 g/mol. The number of hydrogen-bond donors (Lipinski definition) is 0. The first-order valence-electron chi connectivity index (χ1n) is 7.22. The fraction of sp³-hybridized carbons (Fsp3) is 0.312. The maximum atomic E-state index is 12.8. The minimum atomic E-state index is 0.00607. The van der Waals surface area contributed by atoms with Crippen molar-refractivity contribution >= 4 is 28.6 Å². The molecule has 0 aliphatic carbocycles. The van der Waals surface area contributed by atoms with Gasteiger partial charge in [-0.25, -0.2) is 9.97 Å². The van der Waals surface area contributed by atoms with Crippen molar-refractivity contribution in [1.82, 2.24) is 19.4 Å².